The Kier molecular flexibility index (Phi) is 2.72. The molecule has 2 heteroatoms. The summed E-state index contributed by atoms with van der Waals surface area (Å²) in [7, 11) is 0. The molecule has 0 amide bonds. The highest BCUT2D eigenvalue weighted by Crippen LogP contribution is 2.24. The van der Waals surface area contributed by atoms with Crippen molar-refractivity contribution < 1.29 is 9.53 Å². The Balaban J connectivity index is 2.25. The third kappa shape index (κ3) is 1.72. The van der Waals surface area contributed by atoms with Crippen molar-refractivity contribution in [3.05, 3.63) is 6.42 Å². The topological polar surface area (TPSA) is 26.3 Å². The Labute approximate surface area is 61.6 Å². The predicted octanol–water partition coefficient (Wildman–Crippen LogP) is 1.43. The van der Waals surface area contributed by atoms with Crippen LogP contribution >= 0.6 is 0 Å². The molecule has 1 saturated carbocycles. The van der Waals surface area contributed by atoms with Crippen molar-refractivity contribution in [3.8, 4) is 0 Å². The summed E-state index contributed by atoms with van der Waals surface area (Å²) in [5.41, 5.74) is 0. The SMILES string of the molecule is CCOC(=O)C1[C]CCC1. The average Bonchev–Trinajstić information content (AvgIpc) is 2.38. The second-order valence-corrected chi connectivity index (χ2v) is 2.40. The lowest BCUT2D eigenvalue weighted by Gasteiger charge is -2.05. The minimum Gasteiger partial charge on any atom is -0.466 e. The molecular weight excluding hydrogens is 128 g/mol. The zero-order valence-corrected chi connectivity index (χ0v) is 6.22. The van der Waals surface area contributed by atoms with Crippen molar-refractivity contribution >= 4 is 5.97 Å². The van der Waals surface area contributed by atoms with Gasteiger partial charge in [0.05, 0.1) is 12.5 Å². The first-order valence-corrected chi connectivity index (χ1v) is 3.74. The van der Waals surface area contributed by atoms with Gasteiger partial charge in [0.2, 0.25) is 0 Å². The summed E-state index contributed by atoms with van der Waals surface area (Å²) in [6.07, 6.45) is 6.03. The van der Waals surface area contributed by atoms with Gasteiger partial charge in [-0.25, -0.2) is 0 Å². The van der Waals surface area contributed by atoms with E-state index < -0.39 is 0 Å². The molecule has 0 aromatic carbocycles. The summed E-state index contributed by atoms with van der Waals surface area (Å²) in [5.74, 6) is -0.125. The third-order valence-electron chi connectivity index (χ3n) is 1.63. The van der Waals surface area contributed by atoms with Gasteiger partial charge in [0, 0.05) is 0 Å². The monoisotopic (exact) mass is 140 g/mol. The van der Waals surface area contributed by atoms with E-state index in [1.54, 1.807) is 0 Å². The number of esters is 1. The molecule has 2 radical (unpaired) electrons. The number of rotatable bonds is 2. The first-order valence-electron chi connectivity index (χ1n) is 3.74. The highest BCUT2D eigenvalue weighted by Gasteiger charge is 2.23. The van der Waals surface area contributed by atoms with Crippen LogP contribution < -0.4 is 0 Å². The van der Waals surface area contributed by atoms with Gasteiger partial charge >= 0.3 is 5.97 Å². The number of carbonyl (C=O) groups excluding carboxylic acids is 1. The molecule has 0 heterocycles. The summed E-state index contributed by atoms with van der Waals surface area (Å²) >= 11 is 0. The molecule has 0 N–H and O–H groups in total. The van der Waals surface area contributed by atoms with Gasteiger partial charge in [0.25, 0.3) is 0 Å². The minimum absolute atomic E-state index is 0.0278. The molecule has 0 saturated heterocycles. The standard InChI is InChI=1S/C8H12O2/c1-2-10-8(9)7-5-3-4-6-7/h7H,2-5H2,1H3. The van der Waals surface area contributed by atoms with Crippen LogP contribution in [0, 0.1) is 12.3 Å². The molecule has 2 nitrogen and oxygen atoms in total. The summed E-state index contributed by atoms with van der Waals surface area (Å²) in [4.78, 5) is 11.0. The molecule has 56 valence electrons. The molecule has 1 unspecified atom stereocenters. The molecule has 0 spiro atoms. The van der Waals surface area contributed by atoms with Crippen LogP contribution in [0.5, 0.6) is 0 Å². The Morgan fingerprint density at radius 1 is 1.80 bits per heavy atom. The van der Waals surface area contributed by atoms with Crippen LogP contribution in [0.4, 0.5) is 0 Å². The van der Waals surface area contributed by atoms with Crippen LogP contribution in [0.2, 0.25) is 0 Å². The van der Waals surface area contributed by atoms with E-state index >= 15 is 0 Å². The van der Waals surface area contributed by atoms with Gasteiger partial charge in [-0.2, -0.15) is 0 Å². The predicted molar refractivity (Wildman–Crippen MR) is 37.2 cm³/mol. The lowest BCUT2D eigenvalue weighted by Crippen LogP contribution is -2.14. The molecule has 0 aromatic heterocycles. The largest absolute Gasteiger partial charge is 0.466 e. The van der Waals surface area contributed by atoms with Crippen molar-refractivity contribution in [1.29, 1.82) is 0 Å². The number of ether oxygens (including phenoxy) is 1. The van der Waals surface area contributed by atoms with E-state index in [9.17, 15) is 4.79 Å². The van der Waals surface area contributed by atoms with Gasteiger partial charge in [-0.05, 0) is 26.2 Å². The fourth-order valence-corrected chi connectivity index (χ4v) is 1.13. The van der Waals surface area contributed by atoms with Crippen molar-refractivity contribution in [2.75, 3.05) is 6.61 Å². The zero-order chi connectivity index (χ0) is 7.40. The molecule has 0 bridgehead atoms. The van der Waals surface area contributed by atoms with E-state index in [0.29, 0.717) is 6.61 Å². The molecule has 1 aliphatic carbocycles. The minimum atomic E-state index is -0.0972. The maximum Gasteiger partial charge on any atom is 0.309 e. The van der Waals surface area contributed by atoms with Crippen LogP contribution in [0.25, 0.3) is 0 Å². The van der Waals surface area contributed by atoms with Gasteiger partial charge in [-0.3, -0.25) is 4.79 Å². The van der Waals surface area contributed by atoms with Crippen LogP contribution in [-0.2, 0) is 9.53 Å². The highest BCUT2D eigenvalue weighted by atomic mass is 16.5. The summed E-state index contributed by atoms with van der Waals surface area (Å²) in [6, 6.07) is 0. The summed E-state index contributed by atoms with van der Waals surface area (Å²) in [5, 5.41) is 0. The van der Waals surface area contributed by atoms with Crippen LogP contribution in [-0.4, -0.2) is 12.6 Å². The van der Waals surface area contributed by atoms with E-state index in [2.05, 4.69) is 6.42 Å². The summed E-state index contributed by atoms with van der Waals surface area (Å²) < 4.78 is 4.82. The Morgan fingerprint density at radius 3 is 3.10 bits per heavy atom. The highest BCUT2D eigenvalue weighted by molar-refractivity contribution is 5.74. The van der Waals surface area contributed by atoms with Gasteiger partial charge in [0.1, 0.15) is 0 Å². The third-order valence-corrected chi connectivity index (χ3v) is 1.63. The van der Waals surface area contributed by atoms with Gasteiger partial charge in [-0.15, -0.1) is 0 Å². The van der Waals surface area contributed by atoms with Crippen molar-refractivity contribution in [3.63, 3.8) is 0 Å². The van der Waals surface area contributed by atoms with Crippen LogP contribution in [0.1, 0.15) is 26.2 Å². The van der Waals surface area contributed by atoms with Gasteiger partial charge in [0.15, 0.2) is 0 Å². The van der Waals surface area contributed by atoms with E-state index in [1.165, 1.54) is 0 Å². The van der Waals surface area contributed by atoms with Crippen molar-refractivity contribution in [2.45, 2.75) is 26.2 Å². The first-order chi connectivity index (χ1) is 4.84. The number of carbonyl (C=O) groups is 1. The summed E-state index contributed by atoms with van der Waals surface area (Å²) in [6.45, 7) is 2.31. The lowest BCUT2D eigenvalue weighted by molar-refractivity contribution is -0.146. The molecule has 0 aliphatic heterocycles. The lowest BCUT2D eigenvalue weighted by atomic mass is 10.1. The maximum atomic E-state index is 11.0. The molecule has 1 atom stereocenters. The zero-order valence-electron chi connectivity index (χ0n) is 6.22. The second-order valence-electron chi connectivity index (χ2n) is 2.40. The van der Waals surface area contributed by atoms with Crippen molar-refractivity contribution in [1.82, 2.24) is 0 Å². The van der Waals surface area contributed by atoms with Crippen molar-refractivity contribution in [2.24, 2.45) is 5.92 Å². The van der Waals surface area contributed by atoms with Crippen LogP contribution in [0.15, 0.2) is 0 Å². The van der Waals surface area contributed by atoms with Crippen LogP contribution in [0.3, 0.4) is 0 Å². The van der Waals surface area contributed by atoms with E-state index in [1.807, 2.05) is 6.92 Å². The fraction of sp³-hybridized carbons (Fsp3) is 0.750. The van der Waals surface area contributed by atoms with E-state index in [-0.39, 0.29) is 11.9 Å². The quantitative estimate of drug-likeness (QED) is 0.542. The molecular formula is C8H12O2. The van der Waals surface area contributed by atoms with E-state index in [4.69, 9.17) is 4.74 Å². The normalized spacial score (nSPS) is 19.3. The molecule has 10 heavy (non-hydrogen) atoms. The Morgan fingerprint density at radius 2 is 2.60 bits per heavy atom. The Bertz CT molecular complexity index is 114. The molecule has 1 rings (SSSR count). The molecule has 0 aromatic rings. The Hall–Kier alpha value is -0.530. The smallest absolute Gasteiger partial charge is 0.309 e. The fourth-order valence-electron chi connectivity index (χ4n) is 1.13. The second kappa shape index (κ2) is 3.59. The number of hydrogen-bond acceptors (Lipinski definition) is 2. The number of hydrogen-bond donors (Lipinski definition) is 0. The van der Waals surface area contributed by atoms with Gasteiger partial charge < -0.3 is 4.74 Å². The van der Waals surface area contributed by atoms with Gasteiger partial charge in [-0.1, -0.05) is 6.42 Å². The molecule has 1 aliphatic rings. The average molecular weight is 140 g/mol. The molecule has 1 fully saturated rings. The van der Waals surface area contributed by atoms with E-state index in [0.717, 1.165) is 19.3 Å². The maximum absolute atomic E-state index is 11.0. The first kappa shape index (κ1) is 7.58.